The van der Waals surface area contributed by atoms with E-state index in [1.165, 1.54) is 0 Å². The van der Waals surface area contributed by atoms with E-state index in [9.17, 15) is 0 Å². The molecule has 2 aromatic rings. The fraction of sp³-hybridized carbons (Fsp3) is 0.0625. The lowest BCUT2D eigenvalue weighted by Gasteiger charge is -2.04. The minimum atomic E-state index is 0.545. The summed E-state index contributed by atoms with van der Waals surface area (Å²) in [6, 6.07) is 15.0. The van der Waals surface area contributed by atoms with Crippen molar-refractivity contribution in [3.63, 3.8) is 0 Å². The zero-order chi connectivity index (χ0) is 13.5. The average Bonchev–Trinajstić information content (AvgIpc) is 2.44. The molecule has 3 heteroatoms. The molecule has 0 amide bonds. The second-order valence-corrected chi connectivity index (χ2v) is 3.88. The number of ether oxygens (including phenoxy) is 2. The van der Waals surface area contributed by atoms with Gasteiger partial charge in [0.05, 0.1) is 0 Å². The number of hydrogen-bond acceptors (Lipinski definition) is 3. The summed E-state index contributed by atoms with van der Waals surface area (Å²) < 4.78 is 9.66. The van der Waals surface area contributed by atoms with Crippen LogP contribution in [0.4, 0.5) is 0 Å². The van der Waals surface area contributed by atoms with E-state index >= 15 is 0 Å². The molecule has 0 aromatic heterocycles. The van der Waals surface area contributed by atoms with Crippen LogP contribution in [0.2, 0.25) is 0 Å². The summed E-state index contributed by atoms with van der Waals surface area (Å²) in [5, 5.41) is 8.40. The Bertz CT molecular complexity index is 558. The molecule has 0 heterocycles. The Morgan fingerprint density at radius 3 is 1.74 bits per heavy atom. The predicted molar refractivity (Wildman–Crippen MR) is 71.4 cm³/mol. The van der Waals surface area contributed by atoms with E-state index < -0.39 is 0 Å². The Labute approximate surface area is 112 Å². The van der Waals surface area contributed by atoms with Crippen LogP contribution in [0, 0.1) is 24.0 Å². The molecular weight excluding hydrogens is 238 g/mol. The van der Waals surface area contributed by atoms with E-state index in [1.807, 2.05) is 36.4 Å². The maximum absolute atomic E-state index is 8.40. The second kappa shape index (κ2) is 6.14. The number of benzene rings is 2. The van der Waals surface area contributed by atoms with Gasteiger partial charge in [-0.1, -0.05) is 30.7 Å². The number of hydrogen-bond donors (Lipinski definition) is 0. The fourth-order valence-electron chi connectivity index (χ4n) is 1.71. The fourth-order valence-corrected chi connectivity index (χ4v) is 1.71. The zero-order valence-corrected chi connectivity index (χ0v) is 10.2. The minimum Gasteiger partial charge on any atom is -0.408 e. The van der Waals surface area contributed by atoms with Gasteiger partial charge in [-0.3, -0.25) is 0 Å². The summed E-state index contributed by atoms with van der Waals surface area (Å²) in [4.78, 5) is 0. The van der Waals surface area contributed by atoms with Crippen LogP contribution in [0.1, 0.15) is 11.1 Å². The Kier molecular flexibility index (Phi) is 4.05. The van der Waals surface area contributed by atoms with Gasteiger partial charge in [0.1, 0.15) is 17.6 Å². The first-order chi connectivity index (χ1) is 9.31. The van der Waals surface area contributed by atoms with Crippen molar-refractivity contribution in [1.29, 1.82) is 5.26 Å². The molecule has 0 fully saturated rings. The van der Waals surface area contributed by atoms with Crippen LogP contribution >= 0.6 is 0 Å². The molecule has 0 unspecified atom stereocenters. The van der Waals surface area contributed by atoms with Crippen molar-refractivity contribution >= 4 is 0 Å². The summed E-state index contributed by atoms with van der Waals surface area (Å²) in [5.74, 6) is 1.20. The SMILES string of the molecule is C#COc1ccc(Cc2ccc(OC#N)cc2)cc1. The number of rotatable bonds is 4. The largest absolute Gasteiger partial charge is 0.408 e. The van der Waals surface area contributed by atoms with Crippen LogP contribution in [0.3, 0.4) is 0 Å². The van der Waals surface area contributed by atoms with Crippen LogP contribution < -0.4 is 9.47 Å². The van der Waals surface area contributed by atoms with Crippen LogP contribution in [0.25, 0.3) is 0 Å². The van der Waals surface area contributed by atoms with E-state index in [1.54, 1.807) is 18.4 Å². The Morgan fingerprint density at radius 1 is 0.842 bits per heavy atom. The molecule has 0 aliphatic carbocycles. The molecule has 0 aliphatic rings. The van der Waals surface area contributed by atoms with Gasteiger partial charge in [0.25, 0.3) is 6.26 Å². The molecule has 2 rings (SSSR count). The highest BCUT2D eigenvalue weighted by molar-refractivity contribution is 5.34. The number of nitriles is 1. The van der Waals surface area contributed by atoms with Crippen molar-refractivity contribution in [3.8, 4) is 30.3 Å². The lowest BCUT2D eigenvalue weighted by atomic mass is 10.0. The van der Waals surface area contributed by atoms with Gasteiger partial charge in [-0.25, -0.2) is 0 Å². The van der Waals surface area contributed by atoms with Gasteiger partial charge in [0, 0.05) is 0 Å². The molecule has 2 aromatic carbocycles. The van der Waals surface area contributed by atoms with Crippen molar-refractivity contribution in [2.45, 2.75) is 6.42 Å². The van der Waals surface area contributed by atoms with Gasteiger partial charge in [-0.15, -0.1) is 5.26 Å². The van der Waals surface area contributed by atoms with Crippen molar-refractivity contribution in [3.05, 3.63) is 59.7 Å². The van der Waals surface area contributed by atoms with Crippen molar-refractivity contribution < 1.29 is 9.47 Å². The highest BCUT2D eigenvalue weighted by Gasteiger charge is 1.99. The first-order valence-electron chi connectivity index (χ1n) is 5.68. The second-order valence-electron chi connectivity index (χ2n) is 3.88. The van der Waals surface area contributed by atoms with E-state index in [0.717, 1.165) is 17.5 Å². The zero-order valence-electron chi connectivity index (χ0n) is 10.2. The first-order valence-corrected chi connectivity index (χ1v) is 5.68. The van der Waals surface area contributed by atoms with Crippen LogP contribution in [0.15, 0.2) is 48.5 Å². The van der Waals surface area contributed by atoms with Gasteiger partial charge >= 0.3 is 0 Å². The third kappa shape index (κ3) is 3.52. The summed E-state index contributed by atoms with van der Waals surface area (Å²) in [5.41, 5.74) is 2.29. The molecule has 0 bridgehead atoms. The summed E-state index contributed by atoms with van der Waals surface area (Å²) in [6.07, 6.45) is 9.62. The summed E-state index contributed by atoms with van der Waals surface area (Å²) >= 11 is 0. The van der Waals surface area contributed by atoms with Gasteiger partial charge in [0.2, 0.25) is 0 Å². The number of nitrogens with zero attached hydrogens (tertiary/aromatic N) is 1. The molecule has 0 saturated carbocycles. The van der Waals surface area contributed by atoms with E-state index in [4.69, 9.17) is 21.2 Å². The lowest BCUT2D eigenvalue weighted by Crippen LogP contribution is -1.89. The van der Waals surface area contributed by atoms with Crippen molar-refractivity contribution in [1.82, 2.24) is 0 Å². The lowest BCUT2D eigenvalue weighted by molar-refractivity contribution is 0.507. The topological polar surface area (TPSA) is 42.2 Å². The smallest absolute Gasteiger partial charge is 0.292 e. The first kappa shape index (κ1) is 12.5. The monoisotopic (exact) mass is 249 g/mol. The minimum absolute atomic E-state index is 0.545. The van der Waals surface area contributed by atoms with Crippen molar-refractivity contribution in [2.24, 2.45) is 0 Å². The predicted octanol–water partition coefficient (Wildman–Crippen LogP) is 3.11. The van der Waals surface area contributed by atoms with E-state index in [-0.39, 0.29) is 0 Å². The molecule has 0 spiro atoms. The van der Waals surface area contributed by atoms with Gasteiger partial charge in [-0.05, 0) is 41.8 Å². The molecule has 0 saturated heterocycles. The highest BCUT2D eigenvalue weighted by atomic mass is 16.5. The average molecular weight is 249 g/mol. The Hall–Kier alpha value is -2.91. The van der Waals surface area contributed by atoms with E-state index in [0.29, 0.717) is 11.5 Å². The highest BCUT2D eigenvalue weighted by Crippen LogP contribution is 2.17. The standard InChI is InChI=1S/C16H11NO2/c1-2-18-15-7-3-13(4-8-15)11-14-5-9-16(10-6-14)19-12-17/h1,3-10H,11H2. The van der Waals surface area contributed by atoms with Crippen LogP contribution in [0.5, 0.6) is 11.5 Å². The molecule has 0 radical (unpaired) electrons. The molecule has 92 valence electrons. The van der Waals surface area contributed by atoms with Crippen LogP contribution in [-0.4, -0.2) is 0 Å². The molecule has 3 nitrogen and oxygen atoms in total. The molecule has 19 heavy (non-hydrogen) atoms. The summed E-state index contributed by atoms with van der Waals surface area (Å²) in [6.45, 7) is 0. The molecule has 0 atom stereocenters. The van der Waals surface area contributed by atoms with Gasteiger partial charge in [-0.2, -0.15) is 0 Å². The van der Waals surface area contributed by atoms with E-state index in [2.05, 4.69) is 6.11 Å². The quantitative estimate of drug-likeness (QED) is 0.617. The Balaban J connectivity index is 2.04. The van der Waals surface area contributed by atoms with Crippen LogP contribution in [-0.2, 0) is 6.42 Å². The Morgan fingerprint density at radius 2 is 1.32 bits per heavy atom. The maximum Gasteiger partial charge on any atom is 0.292 e. The molecule has 0 aliphatic heterocycles. The number of terminal acetylenes is 1. The van der Waals surface area contributed by atoms with Crippen molar-refractivity contribution in [2.75, 3.05) is 0 Å². The maximum atomic E-state index is 8.40. The van der Waals surface area contributed by atoms with Gasteiger partial charge in [0.15, 0.2) is 0 Å². The third-order valence-corrected chi connectivity index (χ3v) is 2.60. The molecule has 0 N–H and O–H groups in total. The normalized spacial score (nSPS) is 9.16. The van der Waals surface area contributed by atoms with Gasteiger partial charge < -0.3 is 9.47 Å². The summed E-state index contributed by atoms with van der Waals surface area (Å²) in [7, 11) is 0. The molecular formula is C16H11NO2. The third-order valence-electron chi connectivity index (χ3n) is 2.60.